The fraction of sp³-hybridized carbons (Fsp3) is 0.238. The largest absolute Gasteiger partial charge is 0.352 e. The Morgan fingerprint density at radius 2 is 1.97 bits per heavy atom. The summed E-state index contributed by atoms with van der Waals surface area (Å²) in [5, 5.41) is 15.8. The number of aromatic nitrogens is 5. The van der Waals surface area contributed by atoms with Crippen molar-refractivity contribution in [3.05, 3.63) is 70.8 Å². The molecule has 3 aromatic heterocycles. The Kier molecular flexibility index (Phi) is 4.30. The molecule has 4 heterocycles. The molecule has 0 saturated heterocycles. The van der Waals surface area contributed by atoms with Crippen molar-refractivity contribution >= 4 is 22.8 Å². The first-order valence-electron chi connectivity index (χ1n) is 9.61. The molecule has 9 heteroatoms. The standard InChI is InChI=1S/C21H19F2N7/c1-12-13(2)21(28-30-11-25-27-20(12)30)29-6-5-18-14(10-29)7-16(9-24-18)26-19-4-3-15(22)8-17(19)23/h3-4,7-9,11,26H,5-6,10H2,1-2H3. The molecule has 1 N–H and O–H groups in total. The van der Waals surface area contributed by atoms with Gasteiger partial charge in [-0.25, -0.2) is 8.78 Å². The van der Waals surface area contributed by atoms with Gasteiger partial charge in [-0.1, -0.05) is 0 Å². The monoisotopic (exact) mass is 407 g/mol. The fourth-order valence-corrected chi connectivity index (χ4v) is 3.78. The van der Waals surface area contributed by atoms with Gasteiger partial charge in [-0.15, -0.1) is 15.3 Å². The highest BCUT2D eigenvalue weighted by atomic mass is 19.1. The van der Waals surface area contributed by atoms with Crippen LogP contribution in [0.2, 0.25) is 0 Å². The second-order valence-corrected chi connectivity index (χ2v) is 7.42. The van der Waals surface area contributed by atoms with Crippen LogP contribution in [-0.4, -0.2) is 31.3 Å². The fourth-order valence-electron chi connectivity index (χ4n) is 3.78. The van der Waals surface area contributed by atoms with Crippen LogP contribution in [0.1, 0.15) is 22.4 Å². The van der Waals surface area contributed by atoms with Crippen LogP contribution in [0, 0.1) is 25.5 Å². The molecule has 0 amide bonds. The summed E-state index contributed by atoms with van der Waals surface area (Å²) in [4.78, 5) is 6.74. The highest BCUT2D eigenvalue weighted by molar-refractivity contribution is 5.62. The maximum Gasteiger partial charge on any atom is 0.180 e. The second kappa shape index (κ2) is 7.01. The van der Waals surface area contributed by atoms with E-state index in [-0.39, 0.29) is 5.69 Å². The number of pyridine rings is 1. The summed E-state index contributed by atoms with van der Waals surface area (Å²) >= 11 is 0. The second-order valence-electron chi connectivity index (χ2n) is 7.42. The van der Waals surface area contributed by atoms with Gasteiger partial charge < -0.3 is 10.2 Å². The number of fused-ring (bicyclic) bond motifs is 2. The van der Waals surface area contributed by atoms with Crippen LogP contribution in [0.15, 0.2) is 36.8 Å². The van der Waals surface area contributed by atoms with Crippen LogP contribution in [-0.2, 0) is 13.0 Å². The van der Waals surface area contributed by atoms with Gasteiger partial charge in [0.15, 0.2) is 11.5 Å². The maximum absolute atomic E-state index is 14.0. The first kappa shape index (κ1) is 18.4. The SMILES string of the molecule is Cc1c(N2CCc3ncc(Nc4ccc(F)cc4F)cc3C2)nn2cnnc2c1C. The van der Waals surface area contributed by atoms with E-state index < -0.39 is 11.6 Å². The molecule has 30 heavy (non-hydrogen) atoms. The van der Waals surface area contributed by atoms with Crippen molar-refractivity contribution < 1.29 is 8.78 Å². The molecule has 1 aromatic carbocycles. The van der Waals surface area contributed by atoms with Crippen LogP contribution < -0.4 is 10.2 Å². The molecule has 0 radical (unpaired) electrons. The molecule has 0 unspecified atom stereocenters. The quantitative estimate of drug-likeness (QED) is 0.558. The van der Waals surface area contributed by atoms with Crippen LogP contribution >= 0.6 is 0 Å². The van der Waals surface area contributed by atoms with Crippen LogP contribution in [0.25, 0.3) is 5.65 Å². The number of nitrogens with zero attached hydrogens (tertiary/aromatic N) is 6. The Balaban J connectivity index is 1.45. The Hall–Kier alpha value is -3.62. The van der Waals surface area contributed by atoms with E-state index in [9.17, 15) is 8.78 Å². The molecule has 0 aliphatic carbocycles. The van der Waals surface area contributed by atoms with E-state index in [4.69, 9.17) is 5.10 Å². The molecule has 4 aromatic rings. The molecule has 1 aliphatic rings. The Morgan fingerprint density at radius 3 is 2.80 bits per heavy atom. The van der Waals surface area contributed by atoms with Gasteiger partial charge in [0.25, 0.3) is 0 Å². The van der Waals surface area contributed by atoms with E-state index >= 15 is 0 Å². The van der Waals surface area contributed by atoms with Crippen molar-refractivity contribution in [1.82, 2.24) is 24.8 Å². The molecule has 0 fully saturated rings. The third-order valence-electron chi connectivity index (χ3n) is 5.52. The molecule has 0 atom stereocenters. The summed E-state index contributed by atoms with van der Waals surface area (Å²) in [7, 11) is 0. The average molecular weight is 407 g/mol. The van der Waals surface area contributed by atoms with Gasteiger partial charge in [-0.2, -0.15) is 4.52 Å². The lowest BCUT2D eigenvalue weighted by Gasteiger charge is -2.30. The molecule has 1 aliphatic heterocycles. The number of halogens is 2. The minimum atomic E-state index is -0.646. The number of aryl methyl sites for hydroxylation is 1. The highest BCUT2D eigenvalue weighted by Gasteiger charge is 2.22. The Bertz CT molecular complexity index is 1270. The topological polar surface area (TPSA) is 71.2 Å². The number of rotatable bonds is 3. The lowest BCUT2D eigenvalue weighted by molar-refractivity contribution is 0.586. The van der Waals surface area contributed by atoms with E-state index in [1.807, 2.05) is 19.9 Å². The molecule has 152 valence electrons. The zero-order valence-corrected chi connectivity index (χ0v) is 16.5. The number of benzene rings is 1. The van der Waals surface area contributed by atoms with Gasteiger partial charge in [-0.3, -0.25) is 4.98 Å². The lowest BCUT2D eigenvalue weighted by atomic mass is 10.0. The van der Waals surface area contributed by atoms with E-state index in [2.05, 4.69) is 25.4 Å². The van der Waals surface area contributed by atoms with Gasteiger partial charge in [0.2, 0.25) is 0 Å². The van der Waals surface area contributed by atoms with Crippen molar-refractivity contribution in [3.8, 4) is 0 Å². The molecule has 0 bridgehead atoms. The third-order valence-corrected chi connectivity index (χ3v) is 5.52. The van der Waals surface area contributed by atoms with Gasteiger partial charge in [-0.05, 0) is 37.6 Å². The van der Waals surface area contributed by atoms with Crippen LogP contribution in [0.4, 0.5) is 26.0 Å². The van der Waals surface area contributed by atoms with E-state index in [0.717, 1.165) is 52.9 Å². The zero-order chi connectivity index (χ0) is 20.8. The lowest BCUT2D eigenvalue weighted by Crippen LogP contribution is -2.32. The van der Waals surface area contributed by atoms with E-state index in [1.54, 1.807) is 17.0 Å². The summed E-state index contributed by atoms with van der Waals surface area (Å²) in [6.07, 6.45) is 4.05. The summed E-state index contributed by atoms with van der Waals surface area (Å²) < 4.78 is 28.8. The van der Waals surface area contributed by atoms with Gasteiger partial charge in [0.05, 0.1) is 17.6 Å². The molecule has 7 nitrogen and oxygen atoms in total. The van der Waals surface area contributed by atoms with E-state index in [1.165, 1.54) is 12.1 Å². The van der Waals surface area contributed by atoms with Crippen LogP contribution in [0.3, 0.4) is 0 Å². The summed E-state index contributed by atoms with van der Waals surface area (Å²) in [5.41, 5.74) is 5.77. The minimum Gasteiger partial charge on any atom is -0.352 e. The minimum absolute atomic E-state index is 0.206. The predicted octanol–water partition coefficient (Wildman–Crippen LogP) is 3.72. The summed E-state index contributed by atoms with van der Waals surface area (Å²) in [6.45, 7) is 5.48. The third kappa shape index (κ3) is 3.12. The number of nitrogens with one attached hydrogen (secondary N) is 1. The number of hydrogen-bond acceptors (Lipinski definition) is 6. The van der Waals surface area contributed by atoms with E-state index in [0.29, 0.717) is 12.2 Å². The first-order chi connectivity index (χ1) is 14.5. The van der Waals surface area contributed by atoms with Crippen LogP contribution in [0.5, 0.6) is 0 Å². The summed E-state index contributed by atoms with van der Waals surface area (Å²) in [6, 6.07) is 5.41. The predicted molar refractivity (Wildman–Crippen MR) is 109 cm³/mol. The van der Waals surface area contributed by atoms with Gasteiger partial charge >= 0.3 is 0 Å². The number of hydrogen-bond donors (Lipinski definition) is 1. The molecular formula is C21H19F2N7. The molecule has 5 rings (SSSR count). The van der Waals surface area contributed by atoms with Crippen molar-refractivity contribution in [2.75, 3.05) is 16.8 Å². The average Bonchev–Trinajstić information content (AvgIpc) is 3.21. The normalized spacial score (nSPS) is 13.5. The number of anilines is 3. The van der Waals surface area contributed by atoms with Crippen molar-refractivity contribution in [2.45, 2.75) is 26.8 Å². The smallest absolute Gasteiger partial charge is 0.180 e. The van der Waals surface area contributed by atoms with Gasteiger partial charge in [0.1, 0.15) is 18.0 Å². The van der Waals surface area contributed by atoms with Crippen molar-refractivity contribution in [2.24, 2.45) is 0 Å². The first-order valence-corrected chi connectivity index (χ1v) is 9.61. The van der Waals surface area contributed by atoms with Gasteiger partial charge in [0, 0.05) is 42.4 Å². The Morgan fingerprint density at radius 1 is 1.10 bits per heavy atom. The summed E-state index contributed by atoms with van der Waals surface area (Å²) in [5.74, 6) is -0.374. The van der Waals surface area contributed by atoms with Crippen molar-refractivity contribution in [1.29, 1.82) is 0 Å². The zero-order valence-electron chi connectivity index (χ0n) is 16.5. The molecule has 0 spiro atoms. The highest BCUT2D eigenvalue weighted by Crippen LogP contribution is 2.29. The Labute approximate surface area is 171 Å². The molecule has 0 saturated carbocycles. The maximum atomic E-state index is 14.0. The molecular weight excluding hydrogens is 388 g/mol. The van der Waals surface area contributed by atoms with Crippen molar-refractivity contribution in [3.63, 3.8) is 0 Å².